The quantitative estimate of drug-likeness (QED) is 0.745. The van der Waals surface area contributed by atoms with Crippen LogP contribution in [0.1, 0.15) is 72.5 Å². The lowest BCUT2D eigenvalue weighted by molar-refractivity contribution is -0.132. The lowest BCUT2D eigenvalue weighted by Crippen LogP contribution is -2.63. The van der Waals surface area contributed by atoms with Crippen molar-refractivity contribution in [3.05, 3.63) is 70.8 Å². The van der Waals surface area contributed by atoms with E-state index in [-0.39, 0.29) is 17.9 Å². The third-order valence-electron chi connectivity index (χ3n) is 6.76. The zero-order chi connectivity index (χ0) is 21.1. The molecule has 1 N–H and O–H groups in total. The van der Waals surface area contributed by atoms with Crippen LogP contribution < -0.4 is 5.32 Å². The lowest BCUT2D eigenvalue weighted by atomic mass is 9.82. The molecular formula is C26H32N2O2. The van der Waals surface area contributed by atoms with E-state index >= 15 is 0 Å². The second kappa shape index (κ2) is 8.63. The first-order valence-corrected chi connectivity index (χ1v) is 11.2. The molecule has 2 amide bonds. The first-order chi connectivity index (χ1) is 14.5. The number of fused-ring (bicyclic) bond motifs is 1. The minimum Gasteiger partial charge on any atom is -0.351 e. The van der Waals surface area contributed by atoms with E-state index in [1.165, 1.54) is 18.4 Å². The van der Waals surface area contributed by atoms with Gasteiger partial charge in [0.2, 0.25) is 5.91 Å². The van der Waals surface area contributed by atoms with Gasteiger partial charge < -0.3 is 10.2 Å². The fourth-order valence-corrected chi connectivity index (χ4v) is 4.81. The van der Waals surface area contributed by atoms with Crippen LogP contribution in [0.3, 0.4) is 0 Å². The minimum absolute atomic E-state index is 0.0237. The standard InChI is InChI=1S/C26H32N2O2/c1-19-13-15-20(16-14-19)18-28-24(29)23-12-8-7-9-21(23)17-26(28,2)25(30)27-22-10-5-3-4-6-11-22/h7-9,12-16,22H,3-6,10-11,17-18H2,1-2H3,(H,27,30)/t26-/m0/s1. The Morgan fingerprint density at radius 1 is 1.03 bits per heavy atom. The Bertz CT molecular complexity index is 913. The SMILES string of the molecule is Cc1ccc(CN2C(=O)c3ccccc3C[C@@]2(C)C(=O)NC2CCCCCC2)cc1. The molecule has 158 valence electrons. The Labute approximate surface area is 179 Å². The fourth-order valence-electron chi connectivity index (χ4n) is 4.81. The molecule has 2 aromatic rings. The highest BCUT2D eigenvalue weighted by Gasteiger charge is 2.47. The molecule has 1 aliphatic carbocycles. The van der Waals surface area contributed by atoms with Crippen LogP contribution in [0.5, 0.6) is 0 Å². The Kier molecular flexibility index (Phi) is 5.94. The van der Waals surface area contributed by atoms with Crippen molar-refractivity contribution in [3.8, 4) is 0 Å². The van der Waals surface area contributed by atoms with Crippen molar-refractivity contribution in [2.24, 2.45) is 0 Å². The van der Waals surface area contributed by atoms with E-state index < -0.39 is 5.54 Å². The molecule has 0 bridgehead atoms. The molecule has 4 rings (SSSR count). The maximum atomic E-state index is 13.6. The minimum atomic E-state index is -0.900. The summed E-state index contributed by atoms with van der Waals surface area (Å²) in [7, 11) is 0. The Morgan fingerprint density at radius 2 is 1.70 bits per heavy atom. The van der Waals surface area contributed by atoms with Gasteiger partial charge in [-0.15, -0.1) is 0 Å². The van der Waals surface area contributed by atoms with Gasteiger partial charge in [0.25, 0.3) is 5.91 Å². The Hall–Kier alpha value is -2.62. The van der Waals surface area contributed by atoms with Crippen molar-refractivity contribution >= 4 is 11.8 Å². The molecule has 2 aliphatic rings. The summed E-state index contributed by atoms with van der Waals surface area (Å²) >= 11 is 0. The van der Waals surface area contributed by atoms with E-state index in [2.05, 4.69) is 24.4 Å². The van der Waals surface area contributed by atoms with Crippen molar-refractivity contribution in [3.63, 3.8) is 0 Å². The van der Waals surface area contributed by atoms with Crippen LogP contribution in [0.2, 0.25) is 0 Å². The first kappa shape index (κ1) is 20.6. The van der Waals surface area contributed by atoms with Crippen molar-refractivity contribution < 1.29 is 9.59 Å². The lowest BCUT2D eigenvalue weighted by Gasteiger charge is -2.44. The average Bonchev–Trinajstić information content (AvgIpc) is 3.01. The molecule has 1 atom stereocenters. The summed E-state index contributed by atoms with van der Waals surface area (Å²) in [5, 5.41) is 3.31. The summed E-state index contributed by atoms with van der Waals surface area (Å²) in [6, 6.07) is 16.1. The topological polar surface area (TPSA) is 49.4 Å². The molecule has 1 fully saturated rings. The smallest absolute Gasteiger partial charge is 0.255 e. The molecule has 1 aliphatic heterocycles. The first-order valence-electron chi connectivity index (χ1n) is 11.2. The maximum absolute atomic E-state index is 13.6. The number of nitrogens with one attached hydrogen (secondary N) is 1. The molecule has 0 radical (unpaired) electrons. The third kappa shape index (κ3) is 4.14. The Morgan fingerprint density at radius 3 is 2.40 bits per heavy atom. The van der Waals surface area contributed by atoms with Crippen LogP contribution in [0.4, 0.5) is 0 Å². The fraction of sp³-hybridized carbons (Fsp3) is 0.462. The molecule has 30 heavy (non-hydrogen) atoms. The number of benzene rings is 2. The number of carbonyl (C=O) groups is 2. The van der Waals surface area contributed by atoms with Gasteiger partial charge in [-0.1, -0.05) is 73.7 Å². The van der Waals surface area contributed by atoms with E-state index in [1.54, 1.807) is 4.90 Å². The largest absolute Gasteiger partial charge is 0.351 e. The van der Waals surface area contributed by atoms with Gasteiger partial charge in [0.1, 0.15) is 5.54 Å². The second-order valence-corrected chi connectivity index (χ2v) is 9.15. The van der Waals surface area contributed by atoms with Gasteiger partial charge in [-0.05, 0) is 43.9 Å². The predicted octanol–water partition coefficient (Wildman–Crippen LogP) is 4.79. The number of aryl methyl sites for hydroxylation is 1. The summed E-state index contributed by atoms with van der Waals surface area (Å²) in [5.74, 6) is -0.0830. The molecule has 4 heteroatoms. The highest BCUT2D eigenvalue weighted by atomic mass is 16.2. The van der Waals surface area contributed by atoms with E-state index in [9.17, 15) is 9.59 Å². The van der Waals surface area contributed by atoms with E-state index in [1.807, 2.05) is 43.3 Å². The van der Waals surface area contributed by atoms with Gasteiger partial charge >= 0.3 is 0 Å². The van der Waals surface area contributed by atoms with Gasteiger partial charge in [-0.25, -0.2) is 0 Å². The van der Waals surface area contributed by atoms with Crippen molar-refractivity contribution in [1.82, 2.24) is 10.2 Å². The molecule has 0 saturated heterocycles. The van der Waals surface area contributed by atoms with Gasteiger partial charge in [-0.3, -0.25) is 9.59 Å². The summed E-state index contributed by atoms with van der Waals surface area (Å²) in [5.41, 5.74) is 3.00. The average molecular weight is 405 g/mol. The van der Waals surface area contributed by atoms with Crippen LogP contribution >= 0.6 is 0 Å². The van der Waals surface area contributed by atoms with E-state index in [0.29, 0.717) is 18.5 Å². The molecule has 2 aromatic carbocycles. The second-order valence-electron chi connectivity index (χ2n) is 9.15. The van der Waals surface area contributed by atoms with Crippen molar-refractivity contribution in [1.29, 1.82) is 0 Å². The van der Waals surface area contributed by atoms with Gasteiger partial charge in [-0.2, -0.15) is 0 Å². The van der Waals surface area contributed by atoms with Crippen LogP contribution in [0.15, 0.2) is 48.5 Å². The number of nitrogens with zero attached hydrogens (tertiary/aromatic N) is 1. The van der Waals surface area contributed by atoms with E-state index in [0.717, 1.165) is 36.8 Å². The monoisotopic (exact) mass is 404 g/mol. The van der Waals surface area contributed by atoms with Gasteiger partial charge in [0.15, 0.2) is 0 Å². The number of amides is 2. The molecule has 4 nitrogen and oxygen atoms in total. The molecule has 0 aromatic heterocycles. The van der Waals surface area contributed by atoms with Crippen LogP contribution in [0, 0.1) is 6.92 Å². The number of hydrogen-bond acceptors (Lipinski definition) is 2. The number of hydrogen-bond donors (Lipinski definition) is 1. The predicted molar refractivity (Wildman–Crippen MR) is 119 cm³/mol. The van der Waals surface area contributed by atoms with Gasteiger partial charge in [0, 0.05) is 24.6 Å². The molecular weight excluding hydrogens is 372 g/mol. The zero-order valence-electron chi connectivity index (χ0n) is 18.1. The van der Waals surface area contributed by atoms with Crippen LogP contribution in [0.25, 0.3) is 0 Å². The number of carbonyl (C=O) groups excluding carboxylic acids is 2. The van der Waals surface area contributed by atoms with Crippen LogP contribution in [-0.4, -0.2) is 28.3 Å². The zero-order valence-corrected chi connectivity index (χ0v) is 18.1. The molecule has 1 saturated carbocycles. The Balaban J connectivity index is 1.65. The summed E-state index contributed by atoms with van der Waals surface area (Å²) in [6.07, 6.45) is 7.42. The normalized spacial score (nSPS) is 22.3. The van der Waals surface area contributed by atoms with Crippen molar-refractivity contribution in [2.75, 3.05) is 0 Å². The van der Waals surface area contributed by atoms with E-state index in [4.69, 9.17) is 0 Å². The third-order valence-corrected chi connectivity index (χ3v) is 6.76. The number of rotatable bonds is 4. The van der Waals surface area contributed by atoms with Crippen molar-refractivity contribution in [2.45, 2.75) is 76.9 Å². The molecule has 1 heterocycles. The summed E-state index contributed by atoms with van der Waals surface area (Å²) in [4.78, 5) is 28.9. The van der Waals surface area contributed by atoms with Crippen LogP contribution in [-0.2, 0) is 17.8 Å². The highest BCUT2D eigenvalue weighted by Crippen LogP contribution is 2.33. The molecule has 0 unspecified atom stereocenters. The van der Waals surface area contributed by atoms with Gasteiger partial charge in [0.05, 0.1) is 0 Å². The summed E-state index contributed by atoms with van der Waals surface area (Å²) in [6.45, 7) is 4.42. The maximum Gasteiger partial charge on any atom is 0.255 e. The molecule has 0 spiro atoms. The summed E-state index contributed by atoms with van der Waals surface area (Å²) < 4.78 is 0. The highest BCUT2D eigenvalue weighted by molar-refractivity contribution is 6.02.